The van der Waals surface area contributed by atoms with Crippen LogP contribution in [0.2, 0.25) is 0 Å². The smallest absolute Gasteiger partial charge is 0.293 e. The van der Waals surface area contributed by atoms with Crippen molar-refractivity contribution in [2.45, 2.75) is 17.0 Å². The van der Waals surface area contributed by atoms with Gasteiger partial charge in [-0.25, -0.2) is 0 Å². The molecular formula is C19H13N5O2S4. The Balaban J connectivity index is 1.42. The van der Waals surface area contributed by atoms with Crippen LogP contribution in [-0.4, -0.2) is 26.3 Å². The maximum absolute atomic E-state index is 13.0. The number of furan rings is 1. The second-order valence-electron chi connectivity index (χ2n) is 6.16. The third-order valence-corrected chi connectivity index (χ3v) is 7.74. The van der Waals surface area contributed by atoms with Crippen LogP contribution < -0.4 is 5.32 Å². The first-order valence-corrected chi connectivity index (χ1v) is 12.3. The molecule has 7 nitrogen and oxygen atoms in total. The van der Waals surface area contributed by atoms with Gasteiger partial charge in [-0.1, -0.05) is 52.6 Å². The van der Waals surface area contributed by atoms with Gasteiger partial charge in [0.05, 0.1) is 0 Å². The van der Waals surface area contributed by atoms with Crippen molar-refractivity contribution in [3.8, 4) is 10.6 Å². The number of anilines is 1. The molecule has 0 atom stereocenters. The van der Waals surface area contributed by atoms with Crippen molar-refractivity contribution in [2.24, 2.45) is 0 Å². The van der Waals surface area contributed by atoms with Crippen LogP contribution in [0.1, 0.15) is 21.1 Å². The minimum atomic E-state index is -0.344. The Hall–Kier alpha value is -2.60. The zero-order valence-corrected chi connectivity index (χ0v) is 18.8. The van der Waals surface area contributed by atoms with Crippen LogP contribution in [0, 0.1) is 6.92 Å². The molecule has 30 heavy (non-hydrogen) atoms. The molecule has 11 heteroatoms. The van der Waals surface area contributed by atoms with Crippen molar-refractivity contribution in [1.29, 1.82) is 0 Å². The number of nitrogens with one attached hydrogen (secondary N) is 1. The summed E-state index contributed by atoms with van der Waals surface area (Å²) in [7, 11) is 0. The molecule has 4 heterocycles. The van der Waals surface area contributed by atoms with Crippen LogP contribution in [0.15, 0.2) is 49.8 Å². The highest BCUT2D eigenvalue weighted by Gasteiger charge is 2.22. The van der Waals surface area contributed by atoms with E-state index < -0.39 is 0 Å². The van der Waals surface area contributed by atoms with Gasteiger partial charge in [-0.05, 0) is 24.4 Å². The van der Waals surface area contributed by atoms with E-state index in [1.807, 2.05) is 48.0 Å². The number of carbonyl (C=O) groups is 1. The van der Waals surface area contributed by atoms with Crippen LogP contribution in [0.25, 0.3) is 21.5 Å². The number of benzene rings is 1. The molecule has 0 aliphatic rings. The number of nitrogens with zero attached hydrogens (tertiary/aromatic N) is 4. The third kappa shape index (κ3) is 3.88. The largest absolute Gasteiger partial charge is 0.451 e. The van der Waals surface area contributed by atoms with Gasteiger partial charge in [-0.15, -0.1) is 20.4 Å². The fourth-order valence-corrected chi connectivity index (χ4v) is 6.12. The fourth-order valence-electron chi connectivity index (χ4n) is 2.83. The number of thiophene rings is 1. The van der Waals surface area contributed by atoms with Crippen LogP contribution in [0.4, 0.5) is 5.13 Å². The van der Waals surface area contributed by atoms with Gasteiger partial charge in [0, 0.05) is 27.6 Å². The predicted molar refractivity (Wildman–Crippen MR) is 122 cm³/mol. The summed E-state index contributed by atoms with van der Waals surface area (Å²) in [5.74, 6) is 0.477. The van der Waals surface area contributed by atoms with E-state index in [2.05, 4.69) is 25.7 Å². The van der Waals surface area contributed by atoms with Crippen molar-refractivity contribution in [3.05, 3.63) is 57.4 Å². The van der Waals surface area contributed by atoms with E-state index in [1.54, 1.807) is 11.3 Å². The maximum atomic E-state index is 13.0. The summed E-state index contributed by atoms with van der Waals surface area (Å²) in [4.78, 5) is 13.0. The van der Waals surface area contributed by atoms with E-state index >= 15 is 0 Å². The number of thioether (sulfide) groups is 1. The molecule has 0 spiro atoms. The molecule has 0 bridgehead atoms. The lowest BCUT2D eigenvalue weighted by atomic mass is 10.1. The predicted octanol–water partition coefficient (Wildman–Crippen LogP) is 5.72. The molecule has 150 valence electrons. The zero-order chi connectivity index (χ0) is 20.5. The summed E-state index contributed by atoms with van der Waals surface area (Å²) in [6.07, 6.45) is 0. The molecule has 1 aromatic carbocycles. The molecule has 5 aromatic rings. The average Bonchev–Trinajstić information content (AvgIpc) is 3.53. The molecule has 5 rings (SSSR count). The van der Waals surface area contributed by atoms with Crippen LogP contribution in [-0.2, 0) is 5.75 Å². The molecule has 0 aliphatic heterocycles. The minimum absolute atomic E-state index is 0.275. The first-order chi connectivity index (χ1) is 14.7. The maximum Gasteiger partial charge on any atom is 0.293 e. The van der Waals surface area contributed by atoms with Gasteiger partial charge in [0.25, 0.3) is 5.91 Å². The highest BCUT2D eigenvalue weighted by Crippen LogP contribution is 2.34. The lowest BCUT2D eigenvalue weighted by Crippen LogP contribution is -2.12. The lowest BCUT2D eigenvalue weighted by molar-refractivity contribution is 0.0997. The standard InChI is InChI=1S/C19H13N5O2S4/c1-10-21-24-19(29-10)28-9-13-12-4-2-3-5-14(12)26-15(13)16(25)20-18-23-22-17(30-18)11-6-7-27-8-11/h2-8H,9H2,1H3,(H,20,23,25). The number of aromatic nitrogens is 4. The summed E-state index contributed by atoms with van der Waals surface area (Å²) < 4.78 is 6.76. The third-order valence-electron chi connectivity index (χ3n) is 4.17. The van der Waals surface area contributed by atoms with Crippen molar-refractivity contribution in [3.63, 3.8) is 0 Å². The molecule has 0 unspecified atom stereocenters. The summed E-state index contributed by atoms with van der Waals surface area (Å²) in [6, 6.07) is 9.60. The molecule has 4 aromatic heterocycles. The Labute approximate surface area is 187 Å². The Bertz CT molecular complexity index is 1320. The number of para-hydroxylation sites is 1. The number of amides is 1. The highest BCUT2D eigenvalue weighted by atomic mass is 32.2. The first kappa shape index (κ1) is 19.4. The van der Waals surface area contributed by atoms with Crippen molar-refractivity contribution < 1.29 is 9.21 Å². The summed E-state index contributed by atoms with van der Waals surface area (Å²) in [6.45, 7) is 1.92. The van der Waals surface area contributed by atoms with Crippen LogP contribution in [0.5, 0.6) is 0 Å². The number of rotatable bonds is 6. The Morgan fingerprint density at radius 2 is 2.03 bits per heavy atom. The molecule has 1 N–H and O–H groups in total. The Morgan fingerprint density at radius 3 is 2.83 bits per heavy atom. The van der Waals surface area contributed by atoms with Gasteiger partial charge in [-0.2, -0.15) is 11.3 Å². The summed E-state index contributed by atoms with van der Waals surface area (Å²) in [5.41, 5.74) is 2.48. The molecule has 0 aliphatic carbocycles. The average molecular weight is 472 g/mol. The van der Waals surface area contributed by atoms with E-state index in [1.165, 1.54) is 34.4 Å². The van der Waals surface area contributed by atoms with Crippen molar-refractivity contribution >= 4 is 67.8 Å². The second kappa shape index (κ2) is 8.26. The number of carbonyl (C=O) groups excluding carboxylic acids is 1. The van der Waals surface area contributed by atoms with Crippen LogP contribution in [0.3, 0.4) is 0 Å². The van der Waals surface area contributed by atoms with E-state index in [0.717, 1.165) is 30.9 Å². The number of fused-ring (bicyclic) bond motifs is 1. The first-order valence-electron chi connectivity index (χ1n) is 8.78. The van der Waals surface area contributed by atoms with Gasteiger partial charge >= 0.3 is 0 Å². The molecule has 0 saturated carbocycles. The number of aryl methyl sites for hydroxylation is 1. The lowest BCUT2D eigenvalue weighted by Gasteiger charge is -2.02. The van der Waals surface area contributed by atoms with E-state index in [4.69, 9.17) is 4.42 Å². The SMILES string of the molecule is Cc1nnc(SCc2c(C(=O)Nc3nnc(-c4ccsc4)s3)oc3ccccc23)s1. The Kier molecular flexibility index (Phi) is 5.34. The second-order valence-corrected chi connectivity index (χ2v) is 10.3. The van der Waals surface area contributed by atoms with Crippen molar-refractivity contribution in [1.82, 2.24) is 20.4 Å². The quantitative estimate of drug-likeness (QED) is 0.317. The zero-order valence-electron chi connectivity index (χ0n) is 15.5. The molecule has 0 saturated heterocycles. The molecule has 0 fully saturated rings. The van der Waals surface area contributed by atoms with Crippen molar-refractivity contribution in [2.75, 3.05) is 5.32 Å². The van der Waals surface area contributed by atoms with Gasteiger partial charge in [0.1, 0.15) is 15.6 Å². The van der Waals surface area contributed by atoms with E-state index in [9.17, 15) is 4.79 Å². The minimum Gasteiger partial charge on any atom is -0.451 e. The monoisotopic (exact) mass is 471 g/mol. The van der Waals surface area contributed by atoms with Gasteiger partial charge in [-0.3, -0.25) is 10.1 Å². The van der Waals surface area contributed by atoms with Gasteiger partial charge < -0.3 is 4.42 Å². The molecule has 1 amide bonds. The number of hydrogen-bond donors (Lipinski definition) is 1. The van der Waals surface area contributed by atoms with E-state index in [-0.39, 0.29) is 11.7 Å². The number of hydrogen-bond acceptors (Lipinski definition) is 10. The highest BCUT2D eigenvalue weighted by molar-refractivity contribution is 8.00. The summed E-state index contributed by atoms with van der Waals surface area (Å²) >= 11 is 5.98. The van der Waals surface area contributed by atoms with Gasteiger partial charge in [0.15, 0.2) is 10.1 Å². The fraction of sp³-hybridized carbons (Fsp3) is 0.105. The molecular weight excluding hydrogens is 459 g/mol. The topological polar surface area (TPSA) is 93.8 Å². The van der Waals surface area contributed by atoms with E-state index in [0.29, 0.717) is 16.5 Å². The van der Waals surface area contributed by atoms with Gasteiger partial charge in [0.2, 0.25) is 5.13 Å². The Morgan fingerprint density at radius 1 is 1.13 bits per heavy atom. The summed E-state index contributed by atoms with van der Waals surface area (Å²) in [5, 5.41) is 26.3. The van der Waals surface area contributed by atoms with Crippen LogP contribution >= 0.6 is 45.8 Å². The molecule has 0 radical (unpaired) electrons. The normalized spacial score (nSPS) is 11.2.